The first-order chi connectivity index (χ1) is 16.3. The number of hydrogen-bond acceptors (Lipinski definition) is 5. The van der Waals surface area contributed by atoms with Crippen LogP contribution in [0, 0.1) is 5.82 Å². The Kier molecular flexibility index (Phi) is 6.95. The van der Waals surface area contributed by atoms with Crippen molar-refractivity contribution >= 4 is 38.4 Å². The minimum absolute atomic E-state index is 0.151. The molecule has 1 amide bonds. The highest BCUT2D eigenvalue weighted by Crippen LogP contribution is 2.25. The van der Waals surface area contributed by atoms with E-state index in [4.69, 9.17) is 4.74 Å². The van der Waals surface area contributed by atoms with E-state index in [1.165, 1.54) is 11.2 Å². The molecular formula is C25H25FN2O5S. The van der Waals surface area contributed by atoms with Crippen molar-refractivity contribution in [3.63, 3.8) is 0 Å². The van der Waals surface area contributed by atoms with Gasteiger partial charge in [-0.1, -0.05) is 42.8 Å². The van der Waals surface area contributed by atoms with Crippen LogP contribution in [0.1, 0.15) is 36.5 Å². The monoisotopic (exact) mass is 484 g/mol. The summed E-state index contributed by atoms with van der Waals surface area (Å²) in [6.45, 7) is 2.02. The molecule has 0 unspecified atom stereocenters. The van der Waals surface area contributed by atoms with Crippen molar-refractivity contribution in [2.24, 2.45) is 0 Å². The number of rotatable bonds is 6. The quantitative estimate of drug-likeness (QED) is 0.526. The van der Waals surface area contributed by atoms with Gasteiger partial charge in [-0.25, -0.2) is 17.6 Å². The molecule has 0 aromatic heterocycles. The first kappa shape index (κ1) is 23.8. The minimum Gasteiger partial charge on any atom is -0.449 e. The molecule has 178 valence electrons. The Morgan fingerprint density at radius 2 is 1.71 bits per heavy atom. The van der Waals surface area contributed by atoms with Crippen molar-refractivity contribution in [3.8, 4) is 0 Å². The average molecular weight is 485 g/mol. The number of halogens is 1. The Labute approximate surface area is 197 Å². The normalized spacial score (nSPS) is 15.6. The van der Waals surface area contributed by atoms with E-state index in [0.717, 1.165) is 35.4 Å². The lowest BCUT2D eigenvalue weighted by Crippen LogP contribution is -2.36. The summed E-state index contributed by atoms with van der Waals surface area (Å²) < 4.78 is 46.7. The van der Waals surface area contributed by atoms with E-state index >= 15 is 0 Å². The number of nitrogens with zero attached hydrogens (tertiary/aromatic N) is 1. The van der Waals surface area contributed by atoms with Crippen molar-refractivity contribution in [1.29, 1.82) is 0 Å². The number of fused-ring (bicyclic) bond motifs is 1. The van der Waals surface area contributed by atoms with Crippen LogP contribution in [0.5, 0.6) is 0 Å². The Hall–Kier alpha value is -3.30. The summed E-state index contributed by atoms with van der Waals surface area (Å²) in [6.07, 6.45) is 1.15. The van der Waals surface area contributed by atoms with E-state index < -0.39 is 38.7 Å². The van der Waals surface area contributed by atoms with Crippen molar-refractivity contribution < 1.29 is 27.1 Å². The Bertz CT molecular complexity index is 1330. The van der Waals surface area contributed by atoms with Gasteiger partial charge < -0.3 is 10.1 Å². The lowest BCUT2D eigenvalue weighted by Gasteiger charge is -2.26. The number of benzene rings is 3. The van der Waals surface area contributed by atoms with Gasteiger partial charge >= 0.3 is 5.97 Å². The van der Waals surface area contributed by atoms with E-state index in [0.29, 0.717) is 31.6 Å². The molecule has 1 aliphatic heterocycles. The third-order valence-electron chi connectivity index (χ3n) is 5.80. The molecule has 7 nitrogen and oxygen atoms in total. The molecule has 3 aromatic carbocycles. The van der Waals surface area contributed by atoms with Gasteiger partial charge in [-0.2, -0.15) is 4.31 Å². The van der Waals surface area contributed by atoms with Crippen LogP contribution in [0.3, 0.4) is 0 Å². The van der Waals surface area contributed by atoms with Gasteiger partial charge in [0.25, 0.3) is 5.91 Å². The highest BCUT2D eigenvalue weighted by atomic mass is 32.2. The SMILES string of the molecule is C[C@@H](OC(=O)c1ccc(F)c(S(=O)(=O)N2CCCCC2)c1)C(=O)Nc1cccc2ccccc12. The maximum Gasteiger partial charge on any atom is 0.338 e. The van der Waals surface area contributed by atoms with E-state index in [9.17, 15) is 22.4 Å². The zero-order valence-corrected chi connectivity index (χ0v) is 19.5. The molecule has 1 heterocycles. The van der Waals surface area contributed by atoms with E-state index in [2.05, 4.69) is 5.32 Å². The van der Waals surface area contributed by atoms with Crippen LogP contribution >= 0.6 is 0 Å². The molecule has 9 heteroatoms. The molecule has 0 saturated carbocycles. The zero-order valence-electron chi connectivity index (χ0n) is 18.7. The van der Waals surface area contributed by atoms with Gasteiger partial charge in [-0.15, -0.1) is 0 Å². The Morgan fingerprint density at radius 1 is 1.00 bits per heavy atom. The smallest absolute Gasteiger partial charge is 0.338 e. The Balaban J connectivity index is 1.49. The number of carbonyl (C=O) groups is 2. The lowest BCUT2D eigenvalue weighted by molar-refractivity contribution is -0.123. The summed E-state index contributed by atoms with van der Waals surface area (Å²) in [5.74, 6) is -2.41. The van der Waals surface area contributed by atoms with Gasteiger partial charge in [-0.3, -0.25) is 4.79 Å². The molecule has 3 aromatic rings. The van der Waals surface area contributed by atoms with Crippen molar-refractivity contribution in [3.05, 3.63) is 72.0 Å². The number of amides is 1. The summed E-state index contributed by atoms with van der Waals surface area (Å²) in [5, 5.41) is 4.53. The average Bonchev–Trinajstić information content (AvgIpc) is 2.84. The summed E-state index contributed by atoms with van der Waals surface area (Å²) >= 11 is 0. The molecular weight excluding hydrogens is 459 g/mol. The first-order valence-corrected chi connectivity index (χ1v) is 12.5. The fourth-order valence-electron chi connectivity index (χ4n) is 3.92. The third-order valence-corrected chi connectivity index (χ3v) is 7.71. The largest absolute Gasteiger partial charge is 0.449 e. The Morgan fingerprint density at radius 3 is 2.47 bits per heavy atom. The number of ether oxygens (including phenoxy) is 1. The molecule has 1 saturated heterocycles. The molecule has 0 aliphatic carbocycles. The van der Waals surface area contributed by atoms with Crippen molar-refractivity contribution in [2.45, 2.75) is 37.2 Å². The maximum absolute atomic E-state index is 14.4. The topological polar surface area (TPSA) is 92.8 Å². The van der Waals surface area contributed by atoms with Crippen LogP contribution in [-0.2, 0) is 19.6 Å². The van der Waals surface area contributed by atoms with Crippen molar-refractivity contribution in [1.82, 2.24) is 4.31 Å². The van der Waals surface area contributed by atoms with Crippen LogP contribution in [0.25, 0.3) is 10.8 Å². The van der Waals surface area contributed by atoms with Gasteiger partial charge in [0.15, 0.2) is 6.10 Å². The number of carbonyl (C=O) groups excluding carboxylic acids is 2. The number of piperidine rings is 1. The predicted molar refractivity (Wildman–Crippen MR) is 126 cm³/mol. The first-order valence-electron chi connectivity index (χ1n) is 11.1. The fourth-order valence-corrected chi connectivity index (χ4v) is 5.53. The van der Waals surface area contributed by atoms with Gasteiger partial charge in [0, 0.05) is 24.2 Å². The number of nitrogens with one attached hydrogen (secondary N) is 1. The lowest BCUT2D eigenvalue weighted by atomic mass is 10.1. The molecule has 0 bridgehead atoms. The van der Waals surface area contributed by atoms with Crippen LogP contribution in [0.4, 0.5) is 10.1 Å². The molecule has 1 aliphatic rings. The van der Waals surface area contributed by atoms with Crippen LogP contribution in [0.2, 0.25) is 0 Å². The summed E-state index contributed by atoms with van der Waals surface area (Å²) in [4.78, 5) is 24.7. The second-order valence-corrected chi connectivity index (χ2v) is 10.1. The number of anilines is 1. The van der Waals surface area contributed by atoms with Gasteiger partial charge in [-0.05, 0) is 49.4 Å². The van der Waals surface area contributed by atoms with E-state index in [1.54, 1.807) is 12.1 Å². The fraction of sp³-hybridized carbons (Fsp3) is 0.280. The molecule has 34 heavy (non-hydrogen) atoms. The second kappa shape index (κ2) is 9.90. The zero-order chi connectivity index (χ0) is 24.3. The molecule has 1 atom stereocenters. The molecule has 1 N–H and O–H groups in total. The summed E-state index contributed by atoms with van der Waals surface area (Å²) in [7, 11) is -4.08. The summed E-state index contributed by atoms with van der Waals surface area (Å²) in [5.41, 5.74) is 0.421. The van der Waals surface area contributed by atoms with Crippen LogP contribution < -0.4 is 5.32 Å². The molecule has 0 radical (unpaired) electrons. The third kappa shape index (κ3) is 4.95. The highest BCUT2D eigenvalue weighted by Gasteiger charge is 2.30. The molecule has 4 rings (SSSR count). The maximum atomic E-state index is 14.4. The van der Waals surface area contributed by atoms with Gasteiger partial charge in [0.2, 0.25) is 10.0 Å². The molecule has 1 fully saturated rings. The van der Waals surface area contributed by atoms with Gasteiger partial charge in [0.1, 0.15) is 10.7 Å². The van der Waals surface area contributed by atoms with Crippen molar-refractivity contribution in [2.75, 3.05) is 18.4 Å². The second-order valence-electron chi connectivity index (χ2n) is 8.17. The predicted octanol–water partition coefficient (Wildman–Crippen LogP) is 4.34. The van der Waals surface area contributed by atoms with E-state index in [1.807, 2.05) is 30.3 Å². The number of sulfonamides is 1. The van der Waals surface area contributed by atoms with Crippen LogP contribution in [-0.4, -0.2) is 43.8 Å². The van der Waals surface area contributed by atoms with E-state index in [-0.39, 0.29) is 5.56 Å². The van der Waals surface area contributed by atoms with Gasteiger partial charge in [0.05, 0.1) is 5.56 Å². The summed E-state index contributed by atoms with van der Waals surface area (Å²) in [6, 6.07) is 16.0. The number of hydrogen-bond donors (Lipinski definition) is 1. The van der Waals surface area contributed by atoms with Crippen LogP contribution in [0.15, 0.2) is 65.6 Å². The minimum atomic E-state index is -4.08. The highest BCUT2D eigenvalue weighted by molar-refractivity contribution is 7.89. The molecule has 0 spiro atoms. The standard InChI is InChI=1S/C25H25FN2O5S/c1-17(24(29)27-22-11-7-9-18-8-3-4-10-20(18)22)33-25(30)19-12-13-21(26)23(16-19)34(31,32)28-14-5-2-6-15-28/h3-4,7-13,16-17H,2,5-6,14-15H2,1H3,(H,27,29)/t17-/m1/s1. The number of esters is 1.